The van der Waals surface area contributed by atoms with E-state index in [-0.39, 0.29) is 4.90 Å². The zero-order chi connectivity index (χ0) is 25.1. The van der Waals surface area contributed by atoms with Gasteiger partial charge in [-0.1, -0.05) is 56.2 Å². The van der Waals surface area contributed by atoms with Crippen LogP contribution in [-0.2, 0) is 10.0 Å². The van der Waals surface area contributed by atoms with Gasteiger partial charge in [0, 0.05) is 55.2 Å². The van der Waals surface area contributed by atoms with Crippen molar-refractivity contribution < 1.29 is 8.42 Å². The van der Waals surface area contributed by atoms with Crippen LogP contribution in [0.4, 0.5) is 5.69 Å². The van der Waals surface area contributed by atoms with Gasteiger partial charge in [0.1, 0.15) is 4.90 Å². The van der Waals surface area contributed by atoms with Crippen molar-refractivity contribution in [2.45, 2.75) is 50.0 Å². The molecular formula is C29H36N4O2S. The molecule has 2 aliphatic rings. The lowest BCUT2D eigenvalue weighted by Gasteiger charge is -2.43. The molecule has 1 aliphatic heterocycles. The van der Waals surface area contributed by atoms with Gasteiger partial charge in [-0.2, -0.15) is 0 Å². The second-order valence-corrected chi connectivity index (χ2v) is 11.9. The van der Waals surface area contributed by atoms with Crippen molar-refractivity contribution in [3.63, 3.8) is 0 Å². The van der Waals surface area contributed by atoms with Crippen LogP contribution in [0, 0.1) is 5.92 Å². The number of nitrogens with zero attached hydrogens (tertiary/aromatic N) is 3. The maximum absolute atomic E-state index is 13.1. The number of aromatic nitrogens is 1. The smallest absolute Gasteiger partial charge is 0.264 e. The number of rotatable bonds is 7. The third-order valence-corrected chi connectivity index (χ3v) is 9.07. The van der Waals surface area contributed by atoms with Gasteiger partial charge in [0.05, 0.1) is 5.52 Å². The van der Waals surface area contributed by atoms with Gasteiger partial charge < -0.3 is 4.90 Å². The molecule has 1 saturated carbocycles. The summed E-state index contributed by atoms with van der Waals surface area (Å²) in [5.41, 5.74) is 2.99. The fourth-order valence-electron chi connectivity index (χ4n) is 5.73. The summed E-state index contributed by atoms with van der Waals surface area (Å²) in [4.78, 5) is 9.47. The van der Waals surface area contributed by atoms with Gasteiger partial charge in [0.15, 0.2) is 0 Å². The van der Waals surface area contributed by atoms with Crippen molar-refractivity contribution in [3.05, 3.63) is 72.9 Å². The molecule has 190 valence electrons. The molecule has 1 saturated heterocycles. The van der Waals surface area contributed by atoms with Gasteiger partial charge in [-0.15, -0.1) is 0 Å². The van der Waals surface area contributed by atoms with Crippen molar-refractivity contribution in [2.75, 3.05) is 30.9 Å². The minimum atomic E-state index is -3.77. The maximum Gasteiger partial charge on any atom is 0.264 e. The molecule has 0 amide bonds. The van der Waals surface area contributed by atoms with E-state index in [1.807, 2.05) is 24.3 Å². The molecule has 2 heterocycles. The first-order valence-corrected chi connectivity index (χ1v) is 14.5. The standard InChI is InChI=1S/C29H36N4O2S/c1-22-20-32(21-24-8-4-3-5-9-24)18-19-33(22)23(2)25-13-15-27(16-14-25)31-36(34,35)28-12-6-10-26-11-7-17-30-29(26)28/h6-7,10-17,22,24,31H,2-5,8-9,18-21H2,1H3/t22-/m1/s1. The fourth-order valence-corrected chi connectivity index (χ4v) is 6.97. The lowest BCUT2D eigenvalue weighted by atomic mass is 9.88. The number of benzene rings is 2. The van der Waals surface area contributed by atoms with Crippen LogP contribution in [0.25, 0.3) is 16.6 Å². The van der Waals surface area contributed by atoms with E-state index in [9.17, 15) is 8.42 Å². The van der Waals surface area contributed by atoms with Crippen LogP contribution in [0.2, 0.25) is 0 Å². The number of sulfonamides is 1. The van der Waals surface area contributed by atoms with Gasteiger partial charge in [0.25, 0.3) is 10.0 Å². The Morgan fingerprint density at radius 1 is 1.03 bits per heavy atom. The molecule has 1 atom stereocenters. The molecule has 3 aromatic rings. The Balaban J connectivity index is 1.23. The molecule has 5 rings (SSSR count). The van der Waals surface area contributed by atoms with Crippen LogP contribution in [0.5, 0.6) is 0 Å². The summed E-state index contributed by atoms with van der Waals surface area (Å²) < 4.78 is 28.9. The molecule has 7 heteroatoms. The summed E-state index contributed by atoms with van der Waals surface area (Å²) in [5.74, 6) is 0.863. The van der Waals surface area contributed by atoms with Gasteiger partial charge in [-0.25, -0.2) is 8.42 Å². The predicted molar refractivity (Wildman–Crippen MR) is 147 cm³/mol. The predicted octanol–water partition coefficient (Wildman–Crippen LogP) is 5.59. The molecule has 2 fully saturated rings. The van der Waals surface area contributed by atoms with Gasteiger partial charge >= 0.3 is 0 Å². The molecule has 36 heavy (non-hydrogen) atoms. The number of pyridine rings is 1. The first kappa shape index (κ1) is 24.8. The Hall–Kier alpha value is -2.90. The van der Waals surface area contributed by atoms with Crippen LogP contribution in [-0.4, -0.2) is 55.4 Å². The van der Waals surface area contributed by atoms with Gasteiger partial charge in [0.2, 0.25) is 0 Å². The fraction of sp³-hybridized carbons (Fsp3) is 0.414. The maximum atomic E-state index is 13.1. The minimum absolute atomic E-state index is 0.175. The summed E-state index contributed by atoms with van der Waals surface area (Å²) in [6, 6.07) is 16.7. The van der Waals surface area contributed by atoms with Crippen molar-refractivity contribution in [1.82, 2.24) is 14.8 Å². The zero-order valence-electron chi connectivity index (χ0n) is 21.1. The Labute approximate surface area is 215 Å². The van der Waals surface area contributed by atoms with Crippen LogP contribution >= 0.6 is 0 Å². The third kappa shape index (κ3) is 5.42. The van der Waals surface area contributed by atoms with Crippen LogP contribution in [0.3, 0.4) is 0 Å². The molecular weight excluding hydrogens is 468 g/mol. The number of nitrogens with one attached hydrogen (secondary N) is 1. The summed E-state index contributed by atoms with van der Waals surface area (Å²) >= 11 is 0. The first-order valence-electron chi connectivity index (χ1n) is 13.1. The number of para-hydroxylation sites is 1. The molecule has 0 bridgehead atoms. The highest BCUT2D eigenvalue weighted by atomic mass is 32.2. The molecule has 1 N–H and O–H groups in total. The average Bonchev–Trinajstić information content (AvgIpc) is 2.89. The van der Waals surface area contributed by atoms with E-state index < -0.39 is 10.0 Å². The van der Waals surface area contributed by atoms with E-state index in [0.29, 0.717) is 17.2 Å². The Morgan fingerprint density at radius 3 is 2.53 bits per heavy atom. The van der Waals surface area contributed by atoms with Crippen molar-refractivity contribution in [1.29, 1.82) is 0 Å². The quantitative estimate of drug-likeness (QED) is 0.454. The number of anilines is 1. The average molecular weight is 505 g/mol. The topological polar surface area (TPSA) is 65.5 Å². The molecule has 1 aromatic heterocycles. The SMILES string of the molecule is C=C(c1ccc(NS(=O)(=O)c2cccc3cccnc23)cc1)N1CCN(CC2CCCCC2)C[C@H]1C. The lowest BCUT2D eigenvalue weighted by molar-refractivity contribution is 0.105. The minimum Gasteiger partial charge on any atom is -0.366 e. The van der Waals surface area contributed by atoms with E-state index in [2.05, 4.69) is 33.0 Å². The lowest BCUT2D eigenvalue weighted by Crippen LogP contribution is -2.51. The van der Waals surface area contributed by atoms with Crippen molar-refractivity contribution in [2.24, 2.45) is 5.92 Å². The van der Waals surface area contributed by atoms with Crippen LogP contribution in [0.15, 0.2) is 72.3 Å². The first-order chi connectivity index (χ1) is 17.4. The summed E-state index contributed by atoms with van der Waals surface area (Å²) in [5, 5.41) is 0.792. The van der Waals surface area contributed by atoms with Crippen LogP contribution in [0.1, 0.15) is 44.6 Å². The van der Waals surface area contributed by atoms with Gasteiger partial charge in [-0.3, -0.25) is 14.6 Å². The largest absolute Gasteiger partial charge is 0.366 e. The van der Waals surface area contributed by atoms with E-state index >= 15 is 0 Å². The summed E-state index contributed by atoms with van der Waals surface area (Å²) in [6.45, 7) is 11.0. The Morgan fingerprint density at radius 2 is 1.78 bits per heavy atom. The molecule has 1 aliphatic carbocycles. The van der Waals surface area contributed by atoms with E-state index in [1.54, 1.807) is 36.5 Å². The number of hydrogen-bond donors (Lipinski definition) is 1. The van der Waals surface area contributed by atoms with E-state index in [1.165, 1.54) is 38.6 Å². The Bertz CT molecular complexity index is 1310. The third-order valence-electron chi connectivity index (χ3n) is 7.66. The van der Waals surface area contributed by atoms with E-state index in [0.717, 1.165) is 42.2 Å². The normalized spacial score (nSPS) is 19.9. The van der Waals surface area contributed by atoms with Crippen molar-refractivity contribution >= 4 is 32.3 Å². The Kier molecular flexibility index (Phi) is 7.30. The highest BCUT2D eigenvalue weighted by Gasteiger charge is 2.27. The molecule has 6 nitrogen and oxygen atoms in total. The number of piperazine rings is 1. The van der Waals surface area contributed by atoms with Crippen LogP contribution < -0.4 is 4.72 Å². The molecule has 0 unspecified atom stereocenters. The highest BCUT2D eigenvalue weighted by molar-refractivity contribution is 7.93. The molecule has 2 aromatic carbocycles. The second-order valence-electron chi connectivity index (χ2n) is 10.3. The van der Waals surface area contributed by atoms with E-state index in [4.69, 9.17) is 0 Å². The number of hydrogen-bond acceptors (Lipinski definition) is 5. The number of fused-ring (bicyclic) bond motifs is 1. The highest BCUT2D eigenvalue weighted by Crippen LogP contribution is 2.29. The molecule has 0 spiro atoms. The summed E-state index contributed by atoms with van der Waals surface area (Å²) in [6.07, 6.45) is 8.56. The summed E-state index contributed by atoms with van der Waals surface area (Å²) in [7, 11) is -3.77. The van der Waals surface area contributed by atoms with Crippen molar-refractivity contribution in [3.8, 4) is 0 Å². The molecule has 0 radical (unpaired) electrons. The monoisotopic (exact) mass is 504 g/mol. The zero-order valence-corrected chi connectivity index (χ0v) is 21.9. The second kappa shape index (κ2) is 10.6. The van der Waals surface area contributed by atoms with Gasteiger partial charge in [-0.05, 0) is 55.5 Å².